The van der Waals surface area contributed by atoms with Crippen LogP contribution in [0.25, 0.3) is 0 Å². The molecule has 0 unspecified atom stereocenters. The van der Waals surface area contributed by atoms with Crippen LogP contribution in [0, 0.1) is 5.75 Å². The summed E-state index contributed by atoms with van der Waals surface area (Å²) in [7, 11) is 0. The molecule has 0 aromatic carbocycles. The molecule has 1 saturated heterocycles. The van der Waals surface area contributed by atoms with Gasteiger partial charge in [0.15, 0.2) is 0 Å². The Bertz CT molecular complexity index is 19.1. The number of thioether (sulfide) groups is 1. The zero-order valence-corrected chi connectivity index (χ0v) is 6.39. The maximum absolute atomic E-state index is 2.28. The Labute approximate surface area is 58.6 Å². The molecule has 0 bridgehead atoms. The van der Waals surface area contributed by atoms with Crippen molar-refractivity contribution in [2.75, 3.05) is 5.75 Å². The Morgan fingerprint density at radius 2 is 2.33 bits per heavy atom. The maximum Gasteiger partial charge on any atom is 1.00 e. The van der Waals surface area contributed by atoms with Gasteiger partial charge in [0.1, 0.15) is 0 Å². The van der Waals surface area contributed by atoms with Crippen molar-refractivity contribution >= 4 is 11.8 Å². The van der Waals surface area contributed by atoms with E-state index in [0.717, 1.165) is 0 Å². The van der Waals surface area contributed by atoms with Gasteiger partial charge in [0.2, 0.25) is 0 Å². The van der Waals surface area contributed by atoms with Crippen LogP contribution in [0.4, 0.5) is 0 Å². The molecular weight excluding hydrogens is 277 g/mol. The third-order valence-corrected chi connectivity index (χ3v) is 1.70. The fraction of sp³-hybridized carbons (Fsp3) is 0.750. The number of hydrogen-bond donors (Lipinski definition) is 0. The van der Waals surface area contributed by atoms with Gasteiger partial charge in [0.05, 0.1) is 0 Å². The molecule has 2 heteroatoms. The van der Waals surface area contributed by atoms with E-state index in [2.05, 4.69) is 5.75 Å². The maximum atomic E-state index is 2.28. The molecule has 6 heavy (non-hydrogen) atoms. The molecule has 1 heterocycles. The van der Waals surface area contributed by atoms with Crippen molar-refractivity contribution in [3.8, 4) is 0 Å². The first kappa shape index (κ1) is 7.09. The van der Waals surface area contributed by atoms with Crippen molar-refractivity contribution in [2.45, 2.75) is 12.8 Å². The molecule has 1 rings (SSSR count). The standard InChI is InChI=1S/C4H7S.Au/c1-2-4-5-3-1;/h3H,1-2,4H2;/q-1;+1. The molecule has 0 amide bonds. The first-order valence-corrected chi connectivity index (χ1v) is 2.98. The van der Waals surface area contributed by atoms with Crippen LogP contribution in [0.5, 0.6) is 0 Å². The number of hydrogen-bond acceptors (Lipinski definition) is 1. The van der Waals surface area contributed by atoms with Crippen molar-refractivity contribution in [2.24, 2.45) is 0 Å². The fourth-order valence-electron chi connectivity index (χ4n) is 0.417. The Morgan fingerprint density at radius 1 is 1.50 bits per heavy atom. The molecule has 1 fully saturated rings. The van der Waals surface area contributed by atoms with Crippen molar-refractivity contribution in [1.29, 1.82) is 0 Å². The van der Waals surface area contributed by atoms with Crippen molar-refractivity contribution in [1.82, 2.24) is 0 Å². The summed E-state index contributed by atoms with van der Waals surface area (Å²) in [6.45, 7) is 0. The van der Waals surface area contributed by atoms with E-state index in [9.17, 15) is 0 Å². The molecule has 0 atom stereocenters. The van der Waals surface area contributed by atoms with Crippen LogP contribution in [0.1, 0.15) is 12.8 Å². The van der Waals surface area contributed by atoms with Gasteiger partial charge in [0.25, 0.3) is 0 Å². The van der Waals surface area contributed by atoms with Crippen LogP contribution in [-0.2, 0) is 22.4 Å². The van der Waals surface area contributed by atoms with Crippen LogP contribution in [0.3, 0.4) is 0 Å². The van der Waals surface area contributed by atoms with E-state index in [-0.39, 0.29) is 22.4 Å². The van der Waals surface area contributed by atoms with Gasteiger partial charge in [-0.25, -0.2) is 0 Å². The van der Waals surface area contributed by atoms with Crippen LogP contribution in [0.2, 0.25) is 0 Å². The molecule has 0 nitrogen and oxygen atoms in total. The molecule has 1 aliphatic rings. The molecule has 0 aliphatic carbocycles. The van der Waals surface area contributed by atoms with Crippen molar-refractivity contribution in [3.05, 3.63) is 5.75 Å². The average molecular weight is 284 g/mol. The average Bonchev–Trinajstić information content (AvgIpc) is 1.76. The predicted molar refractivity (Wildman–Crippen MR) is 26.0 cm³/mol. The molecule has 0 saturated carbocycles. The molecule has 1 aliphatic heterocycles. The number of rotatable bonds is 0. The van der Waals surface area contributed by atoms with E-state index in [1.165, 1.54) is 18.6 Å². The van der Waals surface area contributed by atoms with E-state index in [1.807, 2.05) is 11.8 Å². The zero-order valence-electron chi connectivity index (χ0n) is 3.41. The van der Waals surface area contributed by atoms with E-state index in [1.54, 1.807) is 0 Å². The molecule has 40 valence electrons. The minimum absolute atomic E-state index is 0. The SMILES string of the molecule is [Au+].[CH-]1CCCS1. The largest absolute Gasteiger partial charge is 1.00 e. The van der Waals surface area contributed by atoms with Gasteiger partial charge in [-0.3, -0.25) is 5.75 Å². The summed E-state index contributed by atoms with van der Waals surface area (Å²) >= 11 is 1.95. The second-order valence-electron chi connectivity index (χ2n) is 1.18. The fourth-order valence-corrected chi connectivity index (χ4v) is 1.25. The van der Waals surface area contributed by atoms with Gasteiger partial charge < -0.3 is 11.8 Å². The quantitative estimate of drug-likeness (QED) is 0.482. The smallest absolute Gasteiger partial charge is 0.351 e. The molecule has 0 aromatic rings. The van der Waals surface area contributed by atoms with E-state index >= 15 is 0 Å². The second kappa shape index (κ2) is 4.25. The van der Waals surface area contributed by atoms with Gasteiger partial charge in [-0.1, -0.05) is 6.42 Å². The summed E-state index contributed by atoms with van der Waals surface area (Å²) in [5.41, 5.74) is 0. The van der Waals surface area contributed by atoms with Crippen LogP contribution >= 0.6 is 11.8 Å². The first-order chi connectivity index (χ1) is 2.50. The molecular formula is C4H7AuS. The summed E-state index contributed by atoms with van der Waals surface area (Å²) in [4.78, 5) is 0. The van der Waals surface area contributed by atoms with Crippen molar-refractivity contribution in [3.63, 3.8) is 0 Å². The summed E-state index contributed by atoms with van der Waals surface area (Å²) in [5, 5.41) is 0. The van der Waals surface area contributed by atoms with Crippen LogP contribution in [0.15, 0.2) is 0 Å². The molecule has 0 aromatic heterocycles. The summed E-state index contributed by atoms with van der Waals surface area (Å²) < 4.78 is 0. The van der Waals surface area contributed by atoms with Gasteiger partial charge >= 0.3 is 22.4 Å². The normalized spacial score (nSPS) is 20.0. The van der Waals surface area contributed by atoms with Crippen LogP contribution < -0.4 is 0 Å². The summed E-state index contributed by atoms with van der Waals surface area (Å²) in [6.07, 6.45) is 2.75. The molecule has 0 N–H and O–H groups in total. The summed E-state index contributed by atoms with van der Waals surface area (Å²) in [5.74, 6) is 3.64. The van der Waals surface area contributed by atoms with E-state index < -0.39 is 0 Å². The van der Waals surface area contributed by atoms with Gasteiger partial charge in [-0.2, -0.15) is 6.42 Å². The Kier molecular flexibility index (Phi) is 5.03. The molecule has 0 radical (unpaired) electrons. The topological polar surface area (TPSA) is 0 Å². The minimum Gasteiger partial charge on any atom is -0.351 e. The second-order valence-corrected chi connectivity index (χ2v) is 2.25. The Morgan fingerprint density at radius 3 is 2.50 bits per heavy atom. The van der Waals surface area contributed by atoms with Gasteiger partial charge in [0, 0.05) is 0 Å². The van der Waals surface area contributed by atoms with Crippen molar-refractivity contribution < 1.29 is 22.4 Å². The first-order valence-electron chi connectivity index (χ1n) is 1.93. The minimum atomic E-state index is 0. The van der Waals surface area contributed by atoms with Gasteiger partial charge in [-0.15, -0.1) is 0 Å². The third kappa shape index (κ3) is 2.30. The van der Waals surface area contributed by atoms with E-state index in [0.29, 0.717) is 0 Å². The molecule has 0 spiro atoms. The third-order valence-electron chi connectivity index (χ3n) is 0.702. The Hall–Kier alpha value is 1.09. The van der Waals surface area contributed by atoms with E-state index in [4.69, 9.17) is 0 Å². The van der Waals surface area contributed by atoms with Crippen LogP contribution in [-0.4, -0.2) is 5.75 Å². The monoisotopic (exact) mass is 284 g/mol. The summed E-state index contributed by atoms with van der Waals surface area (Å²) in [6, 6.07) is 0. The van der Waals surface area contributed by atoms with Gasteiger partial charge in [-0.05, 0) is 5.75 Å². The predicted octanol–water partition coefficient (Wildman–Crippen LogP) is 1.67. The zero-order chi connectivity index (χ0) is 3.54. The Balaban J connectivity index is 0.000000250.